The second-order valence-electron chi connectivity index (χ2n) is 7.42. The molecule has 0 spiro atoms. The fourth-order valence-corrected chi connectivity index (χ4v) is 3.98. The van der Waals surface area contributed by atoms with E-state index in [1.807, 2.05) is 30.3 Å². The number of rotatable bonds is 6. The van der Waals surface area contributed by atoms with Crippen molar-refractivity contribution >= 4 is 5.78 Å². The lowest BCUT2D eigenvalue weighted by molar-refractivity contribution is 0.0812. The predicted octanol–water partition coefficient (Wildman–Crippen LogP) is 4.32. The summed E-state index contributed by atoms with van der Waals surface area (Å²) < 4.78 is 19.6. The van der Waals surface area contributed by atoms with Gasteiger partial charge in [-0.2, -0.15) is 5.10 Å². The molecule has 1 aliphatic heterocycles. The third-order valence-corrected chi connectivity index (χ3v) is 5.49. The van der Waals surface area contributed by atoms with E-state index in [1.54, 1.807) is 18.3 Å². The molecular weight excluding hydrogens is 369 g/mol. The number of ketones is 1. The average Bonchev–Trinajstić information content (AvgIpc) is 3.21. The third-order valence-electron chi connectivity index (χ3n) is 5.49. The molecule has 1 aliphatic rings. The van der Waals surface area contributed by atoms with Gasteiger partial charge in [-0.15, -0.1) is 0 Å². The van der Waals surface area contributed by atoms with E-state index >= 15 is 0 Å². The van der Waals surface area contributed by atoms with Crippen molar-refractivity contribution in [3.8, 4) is 17.0 Å². The summed E-state index contributed by atoms with van der Waals surface area (Å²) in [6, 6.07) is 14.3. The Morgan fingerprint density at radius 1 is 1.28 bits per heavy atom. The molecule has 1 aromatic heterocycles. The van der Waals surface area contributed by atoms with Crippen LogP contribution in [0.1, 0.15) is 28.8 Å². The van der Waals surface area contributed by atoms with Gasteiger partial charge in [-0.1, -0.05) is 30.3 Å². The van der Waals surface area contributed by atoms with Crippen LogP contribution in [0.25, 0.3) is 11.3 Å². The number of ether oxygens (including phenoxy) is 1. The van der Waals surface area contributed by atoms with Crippen LogP contribution in [0.15, 0.2) is 54.7 Å². The minimum atomic E-state index is -0.356. The Labute approximate surface area is 169 Å². The Hall–Kier alpha value is -2.99. The number of H-pyrrole nitrogens is 1. The van der Waals surface area contributed by atoms with Crippen LogP contribution < -0.4 is 4.74 Å². The molecule has 2 aromatic carbocycles. The van der Waals surface area contributed by atoms with Gasteiger partial charge in [0.05, 0.1) is 19.0 Å². The van der Waals surface area contributed by atoms with Gasteiger partial charge in [0.2, 0.25) is 0 Å². The SMILES string of the molecule is COc1ccc(-c2[nH]ncc2CN2CCCC(C(=O)c3ccccc3)C2)c(F)c1. The summed E-state index contributed by atoms with van der Waals surface area (Å²) in [6.45, 7) is 2.23. The molecule has 1 atom stereocenters. The normalized spacial score (nSPS) is 17.2. The van der Waals surface area contributed by atoms with Gasteiger partial charge in [-0.3, -0.25) is 14.8 Å². The van der Waals surface area contributed by atoms with Gasteiger partial charge in [0.15, 0.2) is 5.78 Å². The van der Waals surface area contributed by atoms with Crippen molar-refractivity contribution < 1.29 is 13.9 Å². The maximum atomic E-state index is 14.5. The summed E-state index contributed by atoms with van der Waals surface area (Å²) in [5.41, 5.74) is 2.82. The molecule has 6 heteroatoms. The van der Waals surface area contributed by atoms with E-state index in [0.717, 1.165) is 30.5 Å². The lowest BCUT2D eigenvalue weighted by Crippen LogP contribution is -2.38. The van der Waals surface area contributed by atoms with Crippen LogP contribution in [0, 0.1) is 11.7 Å². The molecule has 0 aliphatic carbocycles. The number of benzene rings is 2. The van der Waals surface area contributed by atoms with Crippen molar-refractivity contribution in [2.75, 3.05) is 20.2 Å². The van der Waals surface area contributed by atoms with Gasteiger partial charge >= 0.3 is 0 Å². The number of aromatic nitrogens is 2. The third kappa shape index (κ3) is 4.22. The highest BCUT2D eigenvalue weighted by atomic mass is 19.1. The molecule has 4 rings (SSSR count). The molecule has 0 saturated carbocycles. The first-order chi connectivity index (χ1) is 14.2. The van der Waals surface area contributed by atoms with E-state index in [9.17, 15) is 9.18 Å². The molecule has 150 valence electrons. The number of halogens is 1. The highest BCUT2D eigenvalue weighted by molar-refractivity contribution is 5.98. The number of hydrogen-bond donors (Lipinski definition) is 1. The summed E-state index contributed by atoms with van der Waals surface area (Å²) in [5, 5.41) is 7.06. The van der Waals surface area contributed by atoms with Crippen LogP contribution in [0.5, 0.6) is 5.75 Å². The maximum absolute atomic E-state index is 14.5. The number of Topliss-reactive ketones (excluding diaryl/α,β-unsaturated/α-hetero) is 1. The quantitative estimate of drug-likeness (QED) is 0.634. The average molecular weight is 393 g/mol. The van der Waals surface area contributed by atoms with Crippen molar-refractivity contribution in [2.45, 2.75) is 19.4 Å². The Kier molecular flexibility index (Phi) is 5.71. The number of likely N-dealkylation sites (tertiary alicyclic amines) is 1. The summed E-state index contributed by atoms with van der Waals surface area (Å²) in [6.07, 6.45) is 3.60. The number of hydrogen-bond acceptors (Lipinski definition) is 4. The summed E-state index contributed by atoms with van der Waals surface area (Å²) in [5.74, 6) is 0.305. The van der Waals surface area contributed by atoms with Crippen LogP contribution in [-0.4, -0.2) is 41.1 Å². The first kappa shape index (κ1) is 19.3. The first-order valence-corrected chi connectivity index (χ1v) is 9.83. The minimum Gasteiger partial charge on any atom is -0.497 e. The molecule has 1 N–H and O–H groups in total. The molecule has 1 fully saturated rings. The topological polar surface area (TPSA) is 58.2 Å². The minimum absolute atomic E-state index is 0.0146. The largest absolute Gasteiger partial charge is 0.497 e. The number of methoxy groups -OCH3 is 1. The number of nitrogens with one attached hydrogen (secondary N) is 1. The van der Waals surface area contributed by atoms with Gasteiger partial charge in [0.25, 0.3) is 0 Å². The molecule has 0 bridgehead atoms. The molecule has 0 radical (unpaired) electrons. The molecular formula is C23H24FN3O2. The highest BCUT2D eigenvalue weighted by Crippen LogP contribution is 2.29. The van der Waals surface area contributed by atoms with Crippen molar-refractivity contribution in [3.05, 3.63) is 71.7 Å². The zero-order valence-corrected chi connectivity index (χ0v) is 16.4. The smallest absolute Gasteiger partial charge is 0.167 e. The maximum Gasteiger partial charge on any atom is 0.167 e. The summed E-state index contributed by atoms with van der Waals surface area (Å²) >= 11 is 0. The van der Waals surface area contributed by atoms with Gasteiger partial charge in [0, 0.05) is 41.8 Å². The zero-order valence-electron chi connectivity index (χ0n) is 16.4. The van der Waals surface area contributed by atoms with E-state index in [4.69, 9.17) is 4.74 Å². The second-order valence-corrected chi connectivity index (χ2v) is 7.42. The number of piperidine rings is 1. The van der Waals surface area contributed by atoms with Crippen LogP contribution in [-0.2, 0) is 6.54 Å². The Morgan fingerprint density at radius 2 is 2.10 bits per heavy atom. The van der Waals surface area contributed by atoms with Gasteiger partial charge in [-0.25, -0.2) is 4.39 Å². The molecule has 1 unspecified atom stereocenters. The van der Waals surface area contributed by atoms with E-state index < -0.39 is 0 Å². The van der Waals surface area contributed by atoms with Crippen molar-refractivity contribution in [3.63, 3.8) is 0 Å². The van der Waals surface area contributed by atoms with E-state index in [-0.39, 0.29) is 17.5 Å². The predicted molar refractivity (Wildman–Crippen MR) is 109 cm³/mol. The van der Waals surface area contributed by atoms with Gasteiger partial charge in [-0.05, 0) is 31.5 Å². The van der Waals surface area contributed by atoms with E-state index in [2.05, 4.69) is 15.1 Å². The number of aromatic amines is 1. The van der Waals surface area contributed by atoms with Crippen LogP contribution >= 0.6 is 0 Å². The van der Waals surface area contributed by atoms with Crippen LogP contribution in [0.3, 0.4) is 0 Å². The van der Waals surface area contributed by atoms with Crippen LogP contribution in [0.2, 0.25) is 0 Å². The second kappa shape index (κ2) is 8.57. The fourth-order valence-electron chi connectivity index (χ4n) is 3.98. The van der Waals surface area contributed by atoms with Crippen molar-refractivity contribution in [1.29, 1.82) is 0 Å². The number of nitrogens with zero attached hydrogens (tertiary/aromatic N) is 2. The zero-order chi connectivity index (χ0) is 20.2. The summed E-state index contributed by atoms with van der Waals surface area (Å²) in [4.78, 5) is 15.1. The Morgan fingerprint density at radius 3 is 2.86 bits per heavy atom. The van der Waals surface area contributed by atoms with Gasteiger partial charge in [0.1, 0.15) is 11.6 Å². The Bertz CT molecular complexity index is 987. The molecule has 1 saturated heterocycles. The van der Waals surface area contributed by atoms with E-state index in [0.29, 0.717) is 30.1 Å². The molecule has 0 amide bonds. The van der Waals surface area contributed by atoms with E-state index in [1.165, 1.54) is 13.2 Å². The highest BCUT2D eigenvalue weighted by Gasteiger charge is 2.27. The molecule has 5 nitrogen and oxygen atoms in total. The fraction of sp³-hybridized carbons (Fsp3) is 0.304. The first-order valence-electron chi connectivity index (χ1n) is 9.83. The number of carbonyl (C=O) groups excluding carboxylic acids is 1. The van der Waals surface area contributed by atoms with Crippen molar-refractivity contribution in [1.82, 2.24) is 15.1 Å². The molecule has 29 heavy (non-hydrogen) atoms. The molecule has 3 aromatic rings. The lowest BCUT2D eigenvalue weighted by Gasteiger charge is -2.32. The van der Waals surface area contributed by atoms with Crippen LogP contribution in [0.4, 0.5) is 4.39 Å². The number of carbonyl (C=O) groups is 1. The van der Waals surface area contributed by atoms with Gasteiger partial charge < -0.3 is 4.74 Å². The standard InChI is InChI=1S/C23H24FN3O2/c1-29-19-9-10-20(21(24)12-19)22-18(13-25-26-22)15-27-11-5-8-17(14-27)23(28)16-6-3-2-4-7-16/h2-4,6-7,9-10,12-13,17H,5,8,11,14-15H2,1H3,(H,25,26). The summed E-state index contributed by atoms with van der Waals surface area (Å²) in [7, 11) is 1.51. The van der Waals surface area contributed by atoms with Crippen molar-refractivity contribution in [2.24, 2.45) is 5.92 Å². The molecule has 2 heterocycles. The monoisotopic (exact) mass is 393 g/mol. The lowest BCUT2D eigenvalue weighted by atomic mass is 9.90. The Balaban J connectivity index is 1.49.